The number of carbonyl (C=O) groups excluding carboxylic acids is 1. The lowest BCUT2D eigenvalue weighted by Gasteiger charge is -2.09. The van der Waals surface area contributed by atoms with E-state index in [4.69, 9.17) is 15.9 Å². The Morgan fingerprint density at radius 3 is 2.83 bits per heavy atom. The van der Waals surface area contributed by atoms with E-state index in [2.05, 4.69) is 5.92 Å². The minimum Gasteiger partial charge on any atom is -0.497 e. The van der Waals surface area contributed by atoms with Crippen LogP contribution in [0.5, 0.6) is 11.5 Å². The molecule has 0 saturated heterocycles. The van der Waals surface area contributed by atoms with Gasteiger partial charge in [0, 0.05) is 23.1 Å². The fourth-order valence-corrected chi connectivity index (χ4v) is 2.68. The molecule has 0 spiro atoms. The van der Waals surface area contributed by atoms with Crippen molar-refractivity contribution < 1.29 is 14.3 Å². The summed E-state index contributed by atoms with van der Waals surface area (Å²) in [6.07, 6.45) is 7.74. The summed E-state index contributed by atoms with van der Waals surface area (Å²) >= 11 is 0. The zero-order chi connectivity index (χ0) is 16.2. The molecule has 0 amide bonds. The SMILES string of the molecule is C#CCOc1ccc(OC)cc1/C=C1\Cc2ccccc2C1=O. The van der Waals surface area contributed by atoms with Crippen LogP contribution in [0.1, 0.15) is 21.5 Å². The highest BCUT2D eigenvalue weighted by Crippen LogP contribution is 2.31. The van der Waals surface area contributed by atoms with Gasteiger partial charge in [0.15, 0.2) is 5.78 Å². The first kappa shape index (κ1) is 14.9. The van der Waals surface area contributed by atoms with Crippen LogP contribution in [0.4, 0.5) is 0 Å². The molecule has 0 aliphatic heterocycles. The average molecular weight is 304 g/mol. The molecule has 0 radical (unpaired) electrons. The number of carbonyl (C=O) groups is 1. The van der Waals surface area contributed by atoms with E-state index in [1.165, 1.54) is 0 Å². The zero-order valence-corrected chi connectivity index (χ0v) is 12.8. The van der Waals surface area contributed by atoms with E-state index in [1.54, 1.807) is 19.2 Å². The van der Waals surface area contributed by atoms with Gasteiger partial charge in [-0.05, 0) is 29.8 Å². The van der Waals surface area contributed by atoms with E-state index < -0.39 is 0 Å². The zero-order valence-electron chi connectivity index (χ0n) is 12.8. The summed E-state index contributed by atoms with van der Waals surface area (Å²) in [6.45, 7) is 0.177. The topological polar surface area (TPSA) is 35.5 Å². The molecule has 3 nitrogen and oxygen atoms in total. The summed E-state index contributed by atoms with van der Waals surface area (Å²) in [5, 5.41) is 0. The molecular weight excluding hydrogens is 288 g/mol. The Hall–Kier alpha value is -2.99. The van der Waals surface area contributed by atoms with E-state index in [1.807, 2.05) is 36.4 Å². The third-order valence-corrected chi connectivity index (χ3v) is 3.79. The van der Waals surface area contributed by atoms with E-state index in [0.717, 1.165) is 22.3 Å². The lowest BCUT2D eigenvalue weighted by molar-refractivity contribution is 0.104. The van der Waals surface area contributed by atoms with Crippen LogP contribution in [-0.2, 0) is 6.42 Å². The van der Waals surface area contributed by atoms with Crippen LogP contribution in [0.25, 0.3) is 6.08 Å². The van der Waals surface area contributed by atoms with Gasteiger partial charge in [0.1, 0.15) is 18.1 Å². The molecule has 0 N–H and O–H groups in total. The fraction of sp³-hybridized carbons (Fsp3) is 0.150. The number of hydrogen-bond acceptors (Lipinski definition) is 3. The van der Waals surface area contributed by atoms with Gasteiger partial charge in [-0.3, -0.25) is 4.79 Å². The predicted octanol–water partition coefficient (Wildman–Crippen LogP) is 3.53. The number of allylic oxidation sites excluding steroid dienone is 1. The maximum Gasteiger partial charge on any atom is 0.189 e. The van der Waals surface area contributed by atoms with Crippen LogP contribution in [0.3, 0.4) is 0 Å². The second kappa shape index (κ2) is 6.41. The number of ether oxygens (including phenoxy) is 2. The van der Waals surface area contributed by atoms with Gasteiger partial charge in [-0.1, -0.05) is 30.2 Å². The first-order valence-corrected chi connectivity index (χ1v) is 7.30. The van der Waals surface area contributed by atoms with Crippen LogP contribution in [-0.4, -0.2) is 19.5 Å². The quantitative estimate of drug-likeness (QED) is 0.640. The molecule has 2 aromatic rings. The van der Waals surface area contributed by atoms with Gasteiger partial charge in [-0.25, -0.2) is 0 Å². The third kappa shape index (κ3) is 2.97. The number of hydrogen-bond donors (Lipinski definition) is 0. The number of benzene rings is 2. The van der Waals surface area contributed by atoms with Crippen molar-refractivity contribution in [1.82, 2.24) is 0 Å². The van der Waals surface area contributed by atoms with Gasteiger partial charge >= 0.3 is 0 Å². The van der Waals surface area contributed by atoms with E-state index in [-0.39, 0.29) is 12.4 Å². The summed E-state index contributed by atoms with van der Waals surface area (Å²) in [4.78, 5) is 12.5. The molecule has 3 heteroatoms. The van der Waals surface area contributed by atoms with E-state index >= 15 is 0 Å². The van der Waals surface area contributed by atoms with Crippen molar-refractivity contribution >= 4 is 11.9 Å². The second-order valence-electron chi connectivity index (χ2n) is 5.23. The number of methoxy groups -OCH3 is 1. The monoisotopic (exact) mass is 304 g/mol. The highest BCUT2D eigenvalue weighted by atomic mass is 16.5. The summed E-state index contributed by atoms with van der Waals surface area (Å²) in [5.74, 6) is 3.85. The molecular formula is C20H16O3. The van der Waals surface area contributed by atoms with E-state index in [0.29, 0.717) is 17.9 Å². The normalized spacial score (nSPS) is 14.4. The molecule has 0 atom stereocenters. The Morgan fingerprint density at radius 2 is 2.09 bits per heavy atom. The number of Topliss-reactive ketones (excluding diaryl/α,β-unsaturated/α-hetero) is 1. The Balaban J connectivity index is 1.99. The van der Waals surface area contributed by atoms with Crippen LogP contribution in [0.15, 0.2) is 48.0 Å². The molecule has 0 saturated carbocycles. The van der Waals surface area contributed by atoms with Crippen LogP contribution < -0.4 is 9.47 Å². The Morgan fingerprint density at radius 1 is 1.26 bits per heavy atom. The van der Waals surface area contributed by atoms with Gasteiger partial charge in [0.25, 0.3) is 0 Å². The smallest absolute Gasteiger partial charge is 0.189 e. The minimum absolute atomic E-state index is 0.0614. The van der Waals surface area contributed by atoms with Crippen LogP contribution >= 0.6 is 0 Å². The molecule has 3 rings (SSSR count). The Kier molecular flexibility index (Phi) is 4.16. The summed E-state index contributed by atoms with van der Waals surface area (Å²) < 4.78 is 10.8. The summed E-state index contributed by atoms with van der Waals surface area (Å²) in [7, 11) is 1.60. The van der Waals surface area contributed by atoms with Crippen molar-refractivity contribution in [2.75, 3.05) is 13.7 Å². The highest BCUT2D eigenvalue weighted by molar-refractivity contribution is 6.15. The van der Waals surface area contributed by atoms with Gasteiger partial charge in [-0.2, -0.15) is 0 Å². The lowest BCUT2D eigenvalue weighted by Crippen LogP contribution is -1.99. The van der Waals surface area contributed by atoms with Crippen molar-refractivity contribution in [2.45, 2.75) is 6.42 Å². The molecule has 114 valence electrons. The fourth-order valence-electron chi connectivity index (χ4n) is 2.68. The number of rotatable bonds is 4. The summed E-state index contributed by atoms with van der Waals surface area (Å²) in [5.41, 5.74) is 3.35. The third-order valence-electron chi connectivity index (χ3n) is 3.79. The van der Waals surface area contributed by atoms with Gasteiger partial charge in [0.05, 0.1) is 7.11 Å². The Labute approximate surface area is 135 Å². The number of ketones is 1. The number of fused-ring (bicyclic) bond motifs is 1. The van der Waals surface area contributed by atoms with Gasteiger partial charge in [-0.15, -0.1) is 6.42 Å². The first-order valence-electron chi connectivity index (χ1n) is 7.30. The molecule has 1 aliphatic carbocycles. The van der Waals surface area contributed by atoms with Crippen LogP contribution in [0.2, 0.25) is 0 Å². The molecule has 0 fully saturated rings. The molecule has 0 bridgehead atoms. The predicted molar refractivity (Wildman–Crippen MR) is 89.8 cm³/mol. The van der Waals surface area contributed by atoms with E-state index in [9.17, 15) is 4.79 Å². The highest BCUT2D eigenvalue weighted by Gasteiger charge is 2.24. The van der Waals surface area contributed by atoms with Crippen molar-refractivity contribution in [2.24, 2.45) is 0 Å². The maximum atomic E-state index is 12.5. The molecule has 0 heterocycles. The Bertz CT molecular complexity index is 825. The summed E-state index contributed by atoms with van der Waals surface area (Å²) in [6, 6.07) is 13.1. The first-order chi connectivity index (χ1) is 11.2. The average Bonchev–Trinajstić information content (AvgIpc) is 2.90. The second-order valence-corrected chi connectivity index (χ2v) is 5.23. The van der Waals surface area contributed by atoms with Crippen molar-refractivity contribution in [3.8, 4) is 23.8 Å². The molecule has 2 aromatic carbocycles. The minimum atomic E-state index is 0.0614. The molecule has 0 unspecified atom stereocenters. The number of terminal acetylenes is 1. The molecule has 1 aliphatic rings. The standard InChI is InChI=1S/C20H16O3/c1-3-10-23-19-9-8-17(22-2)13-15(19)12-16-11-14-6-4-5-7-18(14)20(16)21/h1,4-9,12-13H,10-11H2,2H3/b16-12+. The maximum absolute atomic E-state index is 12.5. The van der Waals surface area contributed by atoms with Crippen molar-refractivity contribution in [3.63, 3.8) is 0 Å². The largest absolute Gasteiger partial charge is 0.497 e. The van der Waals surface area contributed by atoms with Crippen molar-refractivity contribution in [3.05, 3.63) is 64.7 Å². The van der Waals surface area contributed by atoms with Gasteiger partial charge in [0.2, 0.25) is 0 Å². The van der Waals surface area contributed by atoms with Crippen LogP contribution in [0, 0.1) is 12.3 Å². The lowest BCUT2D eigenvalue weighted by atomic mass is 10.1. The van der Waals surface area contributed by atoms with Gasteiger partial charge < -0.3 is 9.47 Å². The molecule has 23 heavy (non-hydrogen) atoms. The van der Waals surface area contributed by atoms with Crippen molar-refractivity contribution in [1.29, 1.82) is 0 Å². The molecule has 0 aromatic heterocycles.